The predicted octanol–water partition coefficient (Wildman–Crippen LogP) is 0.704. The predicted molar refractivity (Wildman–Crippen MR) is 62.3 cm³/mol. The van der Waals surface area contributed by atoms with Crippen molar-refractivity contribution in [2.75, 3.05) is 18.8 Å². The van der Waals surface area contributed by atoms with Gasteiger partial charge in [-0.15, -0.1) is 0 Å². The molecule has 90 valence electrons. The molecule has 1 heterocycles. The highest BCUT2D eigenvalue weighted by atomic mass is 32.2. The lowest BCUT2D eigenvalue weighted by atomic mass is 9.97. The third-order valence-electron chi connectivity index (χ3n) is 2.88. The number of nitrogens with one attached hydrogen (secondary N) is 2. The van der Waals surface area contributed by atoms with Crippen LogP contribution in [0.3, 0.4) is 0 Å². The quantitative estimate of drug-likeness (QED) is 0.736. The van der Waals surface area contributed by atoms with E-state index in [0.29, 0.717) is 5.92 Å². The summed E-state index contributed by atoms with van der Waals surface area (Å²) in [6.45, 7) is 5.90. The fourth-order valence-corrected chi connectivity index (χ4v) is 3.41. The van der Waals surface area contributed by atoms with E-state index in [9.17, 15) is 8.42 Å². The summed E-state index contributed by atoms with van der Waals surface area (Å²) in [4.78, 5) is 0. The Bertz CT molecular complexity index is 277. The molecule has 1 rings (SSSR count). The molecule has 0 aromatic carbocycles. The monoisotopic (exact) mass is 234 g/mol. The van der Waals surface area contributed by atoms with Crippen molar-refractivity contribution in [2.24, 2.45) is 5.92 Å². The van der Waals surface area contributed by atoms with Gasteiger partial charge in [0, 0.05) is 6.04 Å². The van der Waals surface area contributed by atoms with Crippen molar-refractivity contribution < 1.29 is 8.42 Å². The largest absolute Gasteiger partial charge is 0.316 e. The maximum absolute atomic E-state index is 11.7. The molecule has 1 saturated heterocycles. The molecule has 0 spiro atoms. The van der Waals surface area contributed by atoms with Crippen LogP contribution < -0.4 is 10.0 Å². The van der Waals surface area contributed by atoms with Gasteiger partial charge >= 0.3 is 0 Å². The molecule has 1 aliphatic heterocycles. The van der Waals surface area contributed by atoms with Gasteiger partial charge in [0.05, 0.1) is 5.75 Å². The first kappa shape index (κ1) is 12.9. The second-order valence-electron chi connectivity index (χ2n) is 4.37. The van der Waals surface area contributed by atoms with Crippen molar-refractivity contribution in [3.05, 3.63) is 0 Å². The highest BCUT2D eigenvalue weighted by Crippen LogP contribution is 2.11. The average Bonchev–Trinajstić information content (AvgIpc) is 2.18. The molecule has 0 aromatic heterocycles. The minimum absolute atomic E-state index is 0.119. The number of hydrogen-bond donors (Lipinski definition) is 2. The summed E-state index contributed by atoms with van der Waals surface area (Å²) in [6.07, 6.45) is 2.56. The first-order chi connectivity index (χ1) is 7.05. The SMILES string of the molecule is CCCCS(=O)(=O)NC1CCNCC1C. The topological polar surface area (TPSA) is 58.2 Å². The van der Waals surface area contributed by atoms with Crippen molar-refractivity contribution in [3.63, 3.8) is 0 Å². The molecule has 4 nitrogen and oxygen atoms in total. The van der Waals surface area contributed by atoms with E-state index in [1.165, 1.54) is 0 Å². The molecule has 0 bridgehead atoms. The van der Waals surface area contributed by atoms with Crippen molar-refractivity contribution in [1.82, 2.24) is 10.0 Å². The molecular formula is C10H22N2O2S. The fraction of sp³-hybridized carbons (Fsp3) is 1.00. The van der Waals surface area contributed by atoms with Gasteiger partial charge in [-0.2, -0.15) is 0 Å². The van der Waals surface area contributed by atoms with Gasteiger partial charge < -0.3 is 5.32 Å². The molecule has 0 amide bonds. The van der Waals surface area contributed by atoms with Crippen LogP contribution in [0.25, 0.3) is 0 Å². The third-order valence-corrected chi connectivity index (χ3v) is 4.37. The van der Waals surface area contributed by atoms with Crippen molar-refractivity contribution in [2.45, 2.75) is 39.2 Å². The zero-order valence-corrected chi connectivity index (χ0v) is 10.4. The van der Waals surface area contributed by atoms with Crippen LogP contribution in [-0.2, 0) is 10.0 Å². The summed E-state index contributed by atoms with van der Waals surface area (Å²) in [5.74, 6) is 0.648. The Balaban J connectivity index is 2.44. The molecule has 0 radical (unpaired) electrons. The molecule has 0 saturated carbocycles. The standard InChI is InChI=1S/C10H22N2O2S/c1-3-4-7-15(13,14)12-10-5-6-11-8-9(10)2/h9-12H,3-8H2,1-2H3. The number of rotatable bonds is 5. The third kappa shape index (κ3) is 4.49. The Hall–Kier alpha value is -0.130. The summed E-state index contributed by atoms with van der Waals surface area (Å²) in [7, 11) is -3.05. The lowest BCUT2D eigenvalue weighted by molar-refractivity contribution is 0.328. The highest BCUT2D eigenvalue weighted by molar-refractivity contribution is 7.89. The summed E-state index contributed by atoms with van der Waals surface area (Å²) in [5.41, 5.74) is 0. The summed E-state index contributed by atoms with van der Waals surface area (Å²) in [5, 5.41) is 3.26. The normalized spacial score (nSPS) is 27.9. The zero-order chi connectivity index (χ0) is 11.3. The lowest BCUT2D eigenvalue weighted by Crippen LogP contribution is -2.48. The Labute approximate surface area is 92.9 Å². The van der Waals surface area contributed by atoms with E-state index in [1.54, 1.807) is 0 Å². The molecule has 2 atom stereocenters. The maximum Gasteiger partial charge on any atom is 0.211 e. The fourth-order valence-electron chi connectivity index (χ4n) is 1.81. The van der Waals surface area contributed by atoms with Crippen LogP contribution in [0.15, 0.2) is 0 Å². The Morgan fingerprint density at radius 1 is 1.47 bits per heavy atom. The Kier molecular flexibility index (Phi) is 5.02. The molecule has 2 unspecified atom stereocenters. The van der Waals surface area contributed by atoms with Gasteiger partial charge in [-0.1, -0.05) is 20.3 Å². The molecule has 0 aliphatic carbocycles. The highest BCUT2D eigenvalue weighted by Gasteiger charge is 2.24. The smallest absolute Gasteiger partial charge is 0.211 e. The summed E-state index contributed by atoms with van der Waals surface area (Å²) >= 11 is 0. The van der Waals surface area contributed by atoms with E-state index in [0.717, 1.165) is 32.4 Å². The first-order valence-corrected chi connectivity index (χ1v) is 7.41. The number of unbranched alkanes of at least 4 members (excludes halogenated alkanes) is 1. The molecule has 1 fully saturated rings. The van der Waals surface area contributed by atoms with Gasteiger partial charge in [-0.05, 0) is 31.8 Å². The van der Waals surface area contributed by atoms with Gasteiger partial charge in [0.2, 0.25) is 10.0 Å². The van der Waals surface area contributed by atoms with E-state index < -0.39 is 10.0 Å². The van der Waals surface area contributed by atoms with Gasteiger partial charge in [-0.3, -0.25) is 0 Å². The van der Waals surface area contributed by atoms with Gasteiger partial charge in [0.25, 0.3) is 0 Å². The molecular weight excluding hydrogens is 212 g/mol. The van der Waals surface area contributed by atoms with E-state index in [2.05, 4.69) is 17.0 Å². The van der Waals surface area contributed by atoms with Crippen LogP contribution in [0.5, 0.6) is 0 Å². The van der Waals surface area contributed by atoms with Crippen molar-refractivity contribution >= 4 is 10.0 Å². The van der Waals surface area contributed by atoms with Gasteiger partial charge in [-0.25, -0.2) is 13.1 Å². The minimum atomic E-state index is -3.05. The molecule has 2 N–H and O–H groups in total. The number of piperidine rings is 1. The van der Waals surface area contributed by atoms with Crippen LogP contribution in [0.4, 0.5) is 0 Å². The lowest BCUT2D eigenvalue weighted by Gasteiger charge is -2.29. The Morgan fingerprint density at radius 3 is 2.80 bits per heavy atom. The zero-order valence-electron chi connectivity index (χ0n) is 9.62. The van der Waals surface area contributed by atoms with E-state index in [4.69, 9.17) is 0 Å². The van der Waals surface area contributed by atoms with Gasteiger partial charge in [0.15, 0.2) is 0 Å². The maximum atomic E-state index is 11.7. The second-order valence-corrected chi connectivity index (χ2v) is 6.24. The number of sulfonamides is 1. The van der Waals surface area contributed by atoms with Crippen LogP contribution >= 0.6 is 0 Å². The summed E-state index contributed by atoms with van der Waals surface area (Å²) in [6, 6.07) is 0.119. The second kappa shape index (κ2) is 5.82. The van der Waals surface area contributed by atoms with Crippen LogP contribution in [-0.4, -0.2) is 33.3 Å². The number of hydrogen-bond acceptors (Lipinski definition) is 3. The average molecular weight is 234 g/mol. The first-order valence-electron chi connectivity index (χ1n) is 5.76. The van der Waals surface area contributed by atoms with Crippen LogP contribution in [0, 0.1) is 5.92 Å². The van der Waals surface area contributed by atoms with Gasteiger partial charge in [0.1, 0.15) is 0 Å². The minimum Gasteiger partial charge on any atom is -0.316 e. The van der Waals surface area contributed by atoms with Crippen LogP contribution in [0.1, 0.15) is 33.1 Å². The van der Waals surface area contributed by atoms with Crippen molar-refractivity contribution in [3.8, 4) is 0 Å². The van der Waals surface area contributed by atoms with Crippen molar-refractivity contribution in [1.29, 1.82) is 0 Å². The molecule has 15 heavy (non-hydrogen) atoms. The Morgan fingerprint density at radius 2 is 2.20 bits per heavy atom. The van der Waals surface area contributed by atoms with E-state index >= 15 is 0 Å². The van der Waals surface area contributed by atoms with E-state index in [1.807, 2.05) is 6.92 Å². The molecule has 5 heteroatoms. The van der Waals surface area contributed by atoms with E-state index in [-0.39, 0.29) is 11.8 Å². The van der Waals surface area contributed by atoms with Crippen LogP contribution in [0.2, 0.25) is 0 Å². The molecule has 1 aliphatic rings. The summed E-state index contributed by atoms with van der Waals surface area (Å²) < 4.78 is 26.2. The molecule has 0 aromatic rings.